The van der Waals surface area contributed by atoms with Crippen LogP contribution in [0.4, 0.5) is 0 Å². The largest absolute Gasteiger partial charge is 0.493 e. The second kappa shape index (κ2) is 8.42. The van der Waals surface area contributed by atoms with Gasteiger partial charge in [0.2, 0.25) is 0 Å². The van der Waals surface area contributed by atoms with Crippen LogP contribution in [0.25, 0.3) is 0 Å². The van der Waals surface area contributed by atoms with Gasteiger partial charge >= 0.3 is 0 Å². The SMILES string of the molecule is COc1ccc(CN(C)C(=O)c2ccc(OC(C)C)cc2)cc1OC. The third-order valence-electron chi connectivity index (χ3n) is 3.69. The molecule has 5 heteroatoms. The summed E-state index contributed by atoms with van der Waals surface area (Å²) >= 11 is 0. The van der Waals surface area contributed by atoms with E-state index in [1.807, 2.05) is 44.2 Å². The van der Waals surface area contributed by atoms with Crippen molar-refractivity contribution in [3.05, 3.63) is 53.6 Å². The van der Waals surface area contributed by atoms with Crippen molar-refractivity contribution >= 4 is 5.91 Å². The lowest BCUT2D eigenvalue weighted by atomic mass is 10.1. The highest BCUT2D eigenvalue weighted by Crippen LogP contribution is 2.28. The number of hydrogen-bond acceptors (Lipinski definition) is 4. The molecule has 2 aromatic carbocycles. The predicted molar refractivity (Wildman–Crippen MR) is 97.5 cm³/mol. The van der Waals surface area contributed by atoms with E-state index >= 15 is 0 Å². The number of ether oxygens (including phenoxy) is 3. The molecule has 2 rings (SSSR count). The van der Waals surface area contributed by atoms with Crippen molar-refractivity contribution in [2.75, 3.05) is 21.3 Å². The summed E-state index contributed by atoms with van der Waals surface area (Å²) in [6.07, 6.45) is 0.106. The highest BCUT2D eigenvalue weighted by Gasteiger charge is 2.14. The average Bonchev–Trinajstić information content (AvgIpc) is 2.61. The van der Waals surface area contributed by atoms with E-state index < -0.39 is 0 Å². The number of carbonyl (C=O) groups is 1. The first-order valence-corrected chi connectivity index (χ1v) is 8.17. The third-order valence-corrected chi connectivity index (χ3v) is 3.69. The van der Waals surface area contributed by atoms with Crippen molar-refractivity contribution in [2.45, 2.75) is 26.5 Å². The van der Waals surface area contributed by atoms with E-state index in [0.717, 1.165) is 11.3 Å². The fraction of sp³-hybridized carbons (Fsp3) is 0.350. The third kappa shape index (κ3) is 4.89. The molecule has 0 unspecified atom stereocenters. The van der Waals surface area contributed by atoms with E-state index in [0.29, 0.717) is 23.6 Å². The number of benzene rings is 2. The highest BCUT2D eigenvalue weighted by atomic mass is 16.5. The van der Waals surface area contributed by atoms with Gasteiger partial charge in [-0.1, -0.05) is 6.07 Å². The van der Waals surface area contributed by atoms with Crippen LogP contribution in [-0.2, 0) is 6.54 Å². The molecule has 0 spiro atoms. The Morgan fingerprint density at radius 3 is 2.20 bits per heavy atom. The Labute approximate surface area is 149 Å². The second-order valence-electron chi connectivity index (χ2n) is 6.04. The molecule has 1 amide bonds. The smallest absolute Gasteiger partial charge is 0.253 e. The maximum atomic E-state index is 12.6. The van der Waals surface area contributed by atoms with Gasteiger partial charge in [0.1, 0.15) is 5.75 Å². The summed E-state index contributed by atoms with van der Waals surface area (Å²) in [6.45, 7) is 4.41. The molecule has 0 aromatic heterocycles. The van der Waals surface area contributed by atoms with Gasteiger partial charge in [-0.2, -0.15) is 0 Å². The van der Waals surface area contributed by atoms with E-state index in [-0.39, 0.29) is 12.0 Å². The van der Waals surface area contributed by atoms with Gasteiger partial charge in [-0.15, -0.1) is 0 Å². The van der Waals surface area contributed by atoms with E-state index in [1.54, 1.807) is 38.3 Å². The Kier molecular flexibility index (Phi) is 6.28. The number of carbonyl (C=O) groups excluding carboxylic acids is 1. The van der Waals surface area contributed by atoms with Crippen LogP contribution in [0, 0.1) is 0 Å². The minimum Gasteiger partial charge on any atom is -0.493 e. The van der Waals surface area contributed by atoms with Crippen molar-refractivity contribution in [3.63, 3.8) is 0 Å². The van der Waals surface area contributed by atoms with Gasteiger partial charge in [0.05, 0.1) is 20.3 Å². The van der Waals surface area contributed by atoms with Crippen LogP contribution in [0.15, 0.2) is 42.5 Å². The minimum absolute atomic E-state index is 0.0501. The Balaban J connectivity index is 2.07. The molecule has 0 saturated heterocycles. The lowest BCUT2D eigenvalue weighted by Gasteiger charge is -2.19. The first kappa shape index (κ1) is 18.6. The molecular weight excluding hydrogens is 318 g/mol. The fourth-order valence-corrected chi connectivity index (χ4v) is 2.49. The molecule has 0 aliphatic rings. The maximum absolute atomic E-state index is 12.6. The molecule has 0 radical (unpaired) electrons. The molecule has 134 valence electrons. The summed E-state index contributed by atoms with van der Waals surface area (Å²) in [7, 11) is 4.97. The Bertz CT molecular complexity index is 710. The van der Waals surface area contributed by atoms with Gasteiger partial charge in [0, 0.05) is 19.2 Å². The summed E-state index contributed by atoms with van der Waals surface area (Å²) < 4.78 is 16.1. The summed E-state index contributed by atoms with van der Waals surface area (Å²) in [5.74, 6) is 2.02. The minimum atomic E-state index is -0.0501. The van der Waals surface area contributed by atoms with E-state index in [4.69, 9.17) is 14.2 Å². The number of methoxy groups -OCH3 is 2. The number of nitrogens with zero attached hydrogens (tertiary/aromatic N) is 1. The van der Waals surface area contributed by atoms with Crippen LogP contribution in [0.5, 0.6) is 17.2 Å². The first-order valence-electron chi connectivity index (χ1n) is 8.17. The number of rotatable bonds is 7. The Morgan fingerprint density at radius 1 is 1.00 bits per heavy atom. The molecule has 0 aliphatic carbocycles. The molecule has 5 nitrogen and oxygen atoms in total. The molecule has 25 heavy (non-hydrogen) atoms. The molecule has 0 bridgehead atoms. The number of amides is 1. The topological polar surface area (TPSA) is 48.0 Å². The second-order valence-corrected chi connectivity index (χ2v) is 6.04. The Hall–Kier alpha value is -2.69. The first-order chi connectivity index (χ1) is 11.9. The number of hydrogen-bond donors (Lipinski definition) is 0. The molecule has 0 atom stereocenters. The van der Waals surface area contributed by atoms with Gasteiger partial charge in [0.15, 0.2) is 11.5 Å². The van der Waals surface area contributed by atoms with E-state index in [1.165, 1.54) is 0 Å². The zero-order valence-corrected chi connectivity index (χ0v) is 15.4. The molecule has 0 aliphatic heterocycles. The Morgan fingerprint density at radius 2 is 1.64 bits per heavy atom. The van der Waals surface area contributed by atoms with E-state index in [9.17, 15) is 4.79 Å². The van der Waals surface area contributed by atoms with Crippen molar-refractivity contribution in [2.24, 2.45) is 0 Å². The van der Waals surface area contributed by atoms with Gasteiger partial charge in [-0.05, 0) is 55.8 Å². The zero-order chi connectivity index (χ0) is 18.4. The van der Waals surface area contributed by atoms with Gasteiger partial charge < -0.3 is 19.1 Å². The predicted octanol–water partition coefficient (Wildman–Crippen LogP) is 3.76. The van der Waals surface area contributed by atoms with Gasteiger partial charge in [-0.3, -0.25) is 4.79 Å². The van der Waals surface area contributed by atoms with E-state index in [2.05, 4.69) is 0 Å². The molecule has 0 heterocycles. The van der Waals surface area contributed by atoms with Crippen molar-refractivity contribution in [3.8, 4) is 17.2 Å². The van der Waals surface area contributed by atoms with Crippen molar-refractivity contribution in [1.82, 2.24) is 4.90 Å². The molecular formula is C20H25NO4. The van der Waals surface area contributed by atoms with Crippen LogP contribution in [0.2, 0.25) is 0 Å². The summed E-state index contributed by atoms with van der Waals surface area (Å²) in [5.41, 5.74) is 1.59. The molecule has 0 fully saturated rings. The molecule has 0 N–H and O–H groups in total. The molecule has 2 aromatic rings. The summed E-state index contributed by atoms with van der Waals surface area (Å²) in [5, 5.41) is 0. The quantitative estimate of drug-likeness (QED) is 0.768. The fourth-order valence-electron chi connectivity index (χ4n) is 2.49. The summed E-state index contributed by atoms with van der Waals surface area (Å²) in [6, 6.07) is 12.8. The van der Waals surface area contributed by atoms with Crippen LogP contribution >= 0.6 is 0 Å². The molecule has 0 saturated carbocycles. The van der Waals surface area contributed by atoms with Crippen molar-refractivity contribution in [1.29, 1.82) is 0 Å². The van der Waals surface area contributed by atoms with Gasteiger partial charge in [-0.25, -0.2) is 0 Å². The highest BCUT2D eigenvalue weighted by molar-refractivity contribution is 5.94. The monoisotopic (exact) mass is 343 g/mol. The van der Waals surface area contributed by atoms with Gasteiger partial charge in [0.25, 0.3) is 5.91 Å². The lowest BCUT2D eigenvalue weighted by molar-refractivity contribution is 0.0785. The van der Waals surface area contributed by atoms with Crippen LogP contribution in [-0.4, -0.2) is 38.2 Å². The van der Waals surface area contributed by atoms with Crippen LogP contribution in [0.3, 0.4) is 0 Å². The average molecular weight is 343 g/mol. The lowest BCUT2D eigenvalue weighted by Crippen LogP contribution is -2.26. The summed E-state index contributed by atoms with van der Waals surface area (Å²) in [4.78, 5) is 14.3. The zero-order valence-electron chi connectivity index (χ0n) is 15.4. The van der Waals surface area contributed by atoms with Crippen LogP contribution in [0.1, 0.15) is 29.8 Å². The van der Waals surface area contributed by atoms with Crippen molar-refractivity contribution < 1.29 is 19.0 Å². The normalized spacial score (nSPS) is 10.5. The standard InChI is InChI=1S/C20H25NO4/c1-14(2)25-17-9-7-16(8-10-17)20(22)21(3)13-15-6-11-18(23-4)19(12-15)24-5/h6-12,14H,13H2,1-5H3. The maximum Gasteiger partial charge on any atom is 0.253 e. The van der Waals surface area contributed by atoms with Crippen LogP contribution < -0.4 is 14.2 Å².